The third-order valence-electron chi connectivity index (χ3n) is 6.25. The van der Waals surface area contributed by atoms with E-state index in [2.05, 4.69) is 10.2 Å². The Hall–Kier alpha value is -3.84. The summed E-state index contributed by atoms with van der Waals surface area (Å²) in [5, 5.41) is 7.91. The van der Waals surface area contributed by atoms with Crippen molar-refractivity contribution < 1.29 is 13.9 Å². The van der Waals surface area contributed by atoms with E-state index in [1.807, 2.05) is 66.7 Å². The lowest BCUT2D eigenvalue weighted by Gasteiger charge is -2.26. The lowest BCUT2D eigenvalue weighted by molar-refractivity contribution is 0.0934. The Morgan fingerprint density at radius 1 is 1.06 bits per heavy atom. The number of hydrogen-bond acceptors (Lipinski definition) is 5. The molecule has 7 nitrogen and oxygen atoms in total. The molecule has 34 heavy (non-hydrogen) atoms. The number of hydrogen-bond donors (Lipinski definition) is 1. The second-order valence-electron chi connectivity index (χ2n) is 8.38. The van der Waals surface area contributed by atoms with Crippen LogP contribution in [0.4, 0.5) is 0 Å². The van der Waals surface area contributed by atoms with Crippen LogP contribution in [0.15, 0.2) is 83.6 Å². The van der Waals surface area contributed by atoms with Gasteiger partial charge in [0.1, 0.15) is 17.2 Å². The van der Waals surface area contributed by atoms with Crippen molar-refractivity contribution in [2.75, 3.05) is 26.7 Å². The zero-order valence-corrected chi connectivity index (χ0v) is 19.2. The minimum Gasteiger partial charge on any atom is -0.497 e. The van der Waals surface area contributed by atoms with E-state index in [0.717, 1.165) is 48.7 Å². The van der Waals surface area contributed by atoms with Gasteiger partial charge in [-0.3, -0.25) is 9.69 Å². The average molecular weight is 457 g/mol. The molecular formula is C27H28N4O3. The number of methoxy groups -OCH3 is 1. The molecule has 1 aliphatic rings. The van der Waals surface area contributed by atoms with E-state index >= 15 is 0 Å². The number of rotatable bonds is 8. The number of aromatic nitrogens is 2. The van der Waals surface area contributed by atoms with Crippen molar-refractivity contribution in [3.05, 3.63) is 90.5 Å². The van der Waals surface area contributed by atoms with Crippen LogP contribution in [0.3, 0.4) is 0 Å². The van der Waals surface area contributed by atoms with Crippen LogP contribution >= 0.6 is 0 Å². The number of ether oxygens (including phenoxy) is 1. The predicted molar refractivity (Wildman–Crippen MR) is 130 cm³/mol. The van der Waals surface area contributed by atoms with Gasteiger partial charge in [-0.2, -0.15) is 5.10 Å². The maximum Gasteiger partial charge on any atom is 0.255 e. The molecule has 5 rings (SSSR count). The monoisotopic (exact) mass is 456 g/mol. The van der Waals surface area contributed by atoms with Crippen molar-refractivity contribution in [1.82, 2.24) is 20.0 Å². The fourth-order valence-corrected chi connectivity index (χ4v) is 4.44. The third-order valence-corrected chi connectivity index (χ3v) is 6.25. The van der Waals surface area contributed by atoms with Crippen molar-refractivity contribution in [1.29, 1.82) is 0 Å². The highest BCUT2D eigenvalue weighted by Crippen LogP contribution is 2.27. The molecule has 1 amide bonds. The normalized spacial score (nSPS) is 14.7. The molecule has 0 bridgehead atoms. The van der Waals surface area contributed by atoms with Crippen LogP contribution < -0.4 is 10.1 Å². The number of carbonyl (C=O) groups excluding carboxylic acids is 1. The van der Waals surface area contributed by atoms with Crippen molar-refractivity contribution in [2.24, 2.45) is 0 Å². The summed E-state index contributed by atoms with van der Waals surface area (Å²) in [5.41, 5.74) is 2.89. The first-order chi connectivity index (χ1) is 16.7. The Morgan fingerprint density at radius 2 is 1.82 bits per heavy atom. The van der Waals surface area contributed by atoms with E-state index in [1.54, 1.807) is 24.3 Å². The van der Waals surface area contributed by atoms with Gasteiger partial charge in [0.15, 0.2) is 0 Å². The molecule has 2 aromatic heterocycles. The SMILES string of the molecule is COc1ccc(-c2nn(-c3ccccc3)cc2C(=O)NC[C@H](c2ccco2)N2CCCC2)cc1. The van der Waals surface area contributed by atoms with Crippen LogP contribution in [0.5, 0.6) is 5.75 Å². The third kappa shape index (κ3) is 4.61. The molecule has 1 fully saturated rings. The molecule has 1 saturated heterocycles. The molecule has 4 aromatic rings. The van der Waals surface area contributed by atoms with Crippen LogP contribution in [0, 0.1) is 0 Å². The molecule has 0 aliphatic carbocycles. The number of likely N-dealkylation sites (tertiary alicyclic amines) is 1. The smallest absolute Gasteiger partial charge is 0.255 e. The van der Waals surface area contributed by atoms with Crippen LogP contribution in [-0.2, 0) is 0 Å². The highest BCUT2D eigenvalue weighted by molar-refractivity contribution is 6.00. The zero-order valence-electron chi connectivity index (χ0n) is 19.2. The Morgan fingerprint density at radius 3 is 2.50 bits per heavy atom. The molecule has 1 aliphatic heterocycles. The summed E-state index contributed by atoms with van der Waals surface area (Å²) < 4.78 is 12.7. The largest absolute Gasteiger partial charge is 0.497 e. The first-order valence-corrected chi connectivity index (χ1v) is 11.6. The molecule has 0 unspecified atom stereocenters. The summed E-state index contributed by atoms with van der Waals surface area (Å²) in [7, 11) is 1.63. The summed E-state index contributed by atoms with van der Waals surface area (Å²) in [5.74, 6) is 1.46. The highest BCUT2D eigenvalue weighted by Gasteiger charge is 2.27. The number of furan rings is 1. The standard InChI is InChI=1S/C27H28N4O3/c1-33-22-13-11-20(12-14-22)26-23(19-31(29-26)21-8-3-2-4-9-21)27(32)28-18-24(25-10-7-17-34-25)30-15-5-6-16-30/h2-4,7-14,17,19,24H,5-6,15-16,18H2,1H3,(H,28,32)/t24-/m1/s1. The van der Waals surface area contributed by atoms with Crippen LogP contribution in [0.2, 0.25) is 0 Å². The lowest BCUT2D eigenvalue weighted by atomic mass is 10.1. The summed E-state index contributed by atoms with van der Waals surface area (Å²) in [6.45, 7) is 2.47. The molecule has 0 saturated carbocycles. The summed E-state index contributed by atoms with van der Waals surface area (Å²) in [6, 6.07) is 21.3. The summed E-state index contributed by atoms with van der Waals surface area (Å²) >= 11 is 0. The second-order valence-corrected chi connectivity index (χ2v) is 8.38. The van der Waals surface area contributed by atoms with Crippen LogP contribution in [-0.4, -0.2) is 47.3 Å². The second kappa shape index (κ2) is 9.97. The fraction of sp³-hybridized carbons (Fsp3) is 0.259. The number of nitrogens with zero attached hydrogens (tertiary/aromatic N) is 3. The van der Waals surface area contributed by atoms with Gasteiger partial charge in [-0.1, -0.05) is 18.2 Å². The minimum absolute atomic E-state index is 0.00931. The number of para-hydroxylation sites is 1. The number of nitrogens with one attached hydrogen (secondary N) is 1. The molecule has 1 atom stereocenters. The van der Waals surface area contributed by atoms with Crippen LogP contribution in [0.25, 0.3) is 16.9 Å². The Balaban J connectivity index is 1.43. The van der Waals surface area contributed by atoms with E-state index in [-0.39, 0.29) is 11.9 Å². The van der Waals surface area contributed by atoms with E-state index in [4.69, 9.17) is 14.3 Å². The molecule has 3 heterocycles. The van der Waals surface area contributed by atoms with Gasteiger partial charge in [-0.15, -0.1) is 0 Å². The van der Waals surface area contributed by atoms with Gasteiger partial charge < -0.3 is 14.5 Å². The van der Waals surface area contributed by atoms with Crippen molar-refractivity contribution in [2.45, 2.75) is 18.9 Å². The van der Waals surface area contributed by atoms with Gasteiger partial charge in [-0.05, 0) is 74.5 Å². The maximum absolute atomic E-state index is 13.5. The van der Waals surface area contributed by atoms with Crippen LogP contribution in [0.1, 0.15) is 35.0 Å². The molecular weight excluding hydrogens is 428 g/mol. The Labute approximate surface area is 199 Å². The van der Waals surface area contributed by atoms with Gasteiger partial charge in [0.05, 0.1) is 30.7 Å². The Kier molecular flexibility index (Phi) is 6.44. The molecule has 0 radical (unpaired) electrons. The quantitative estimate of drug-likeness (QED) is 0.416. The zero-order chi connectivity index (χ0) is 23.3. The predicted octanol–water partition coefficient (Wildman–Crippen LogP) is 4.71. The topological polar surface area (TPSA) is 72.5 Å². The fourth-order valence-electron chi connectivity index (χ4n) is 4.44. The Bertz CT molecular complexity index is 1210. The van der Waals surface area contributed by atoms with Gasteiger partial charge in [0, 0.05) is 18.3 Å². The van der Waals surface area contributed by atoms with Gasteiger partial charge in [0.25, 0.3) is 5.91 Å². The van der Waals surface area contributed by atoms with Crippen molar-refractivity contribution in [3.63, 3.8) is 0 Å². The van der Waals surface area contributed by atoms with Crippen molar-refractivity contribution >= 4 is 5.91 Å². The highest BCUT2D eigenvalue weighted by atomic mass is 16.5. The van der Waals surface area contributed by atoms with Crippen molar-refractivity contribution in [3.8, 4) is 22.7 Å². The van der Waals surface area contributed by atoms with E-state index in [9.17, 15) is 4.79 Å². The molecule has 2 aromatic carbocycles. The summed E-state index contributed by atoms with van der Waals surface area (Å²) in [6.07, 6.45) is 5.81. The first kappa shape index (κ1) is 22.0. The minimum atomic E-state index is -0.163. The van der Waals surface area contributed by atoms with E-state index in [1.165, 1.54) is 0 Å². The number of carbonyl (C=O) groups is 1. The molecule has 0 spiro atoms. The maximum atomic E-state index is 13.5. The van der Waals surface area contributed by atoms with Gasteiger partial charge in [0.2, 0.25) is 0 Å². The number of benzene rings is 2. The molecule has 1 N–H and O–H groups in total. The average Bonchev–Trinajstić information content (AvgIpc) is 3.67. The van der Waals surface area contributed by atoms with E-state index in [0.29, 0.717) is 17.8 Å². The summed E-state index contributed by atoms with van der Waals surface area (Å²) in [4.78, 5) is 15.8. The lowest BCUT2D eigenvalue weighted by Crippen LogP contribution is -2.36. The molecule has 7 heteroatoms. The number of amides is 1. The first-order valence-electron chi connectivity index (χ1n) is 11.6. The van der Waals surface area contributed by atoms with Gasteiger partial charge >= 0.3 is 0 Å². The van der Waals surface area contributed by atoms with Gasteiger partial charge in [-0.25, -0.2) is 4.68 Å². The van der Waals surface area contributed by atoms with E-state index < -0.39 is 0 Å². The molecule has 174 valence electrons.